The van der Waals surface area contributed by atoms with Crippen molar-refractivity contribution in [2.45, 2.75) is 31.8 Å². The maximum absolute atomic E-state index is 11.1. The summed E-state index contributed by atoms with van der Waals surface area (Å²) < 4.78 is 0. The summed E-state index contributed by atoms with van der Waals surface area (Å²) >= 11 is 5.70. The first kappa shape index (κ1) is 12.3. The molecule has 1 N–H and O–H groups in total. The van der Waals surface area contributed by atoms with E-state index in [1.54, 1.807) is 12.3 Å². The van der Waals surface area contributed by atoms with E-state index in [0.29, 0.717) is 13.0 Å². The molecule has 0 saturated carbocycles. The van der Waals surface area contributed by atoms with E-state index < -0.39 is 12.0 Å². The summed E-state index contributed by atoms with van der Waals surface area (Å²) in [5.41, 5.74) is 0.762. The van der Waals surface area contributed by atoms with Crippen LogP contribution in [-0.4, -0.2) is 38.5 Å². The first-order valence-electron chi connectivity index (χ1n) is 5.61. The van der Waals surface area contributed by atoms with Gasteiger partial charge in [-0.25, -0.2) is 9.97 Å². The molecule has 1 aromatic rings. The van der Waals surface area contributed by atoms with Crippen molar-refractivity contribution in [3.8, 4) is 0 Å². The fourth-order valence-corrected chi connectivity index (χ4v) is 2.29. The molecular formula is C11H14ClN3O2. The normalized spacial score (nSPS) is 21.4. The quantitative estimate of drug-likeness (QED) is 0.831. The summed E-state index contributed by atoms with van der Waals surface area (Å²) in [7, 11) is 0. The van der Waals surface area contributed by atoms with Gasteiger partial charge in [0.05, 0.1) is 5.69 Å². The molecule has 1 aromatic heterocycles. The van der Waals surface area contributed by atoms with E-state index in [0.717, 1.165) is 25.1 Å². The number of nitrogens with zero attached hydrogens (tertiary/aromatic N) is 3. The second-order valence-electron chi connectivity index (χ2n) is 4.14. The van der Waals surface area contributed by atoms with Crippen LogP contribution in [0.4, 0.5) is 0 Å². The maximum atomic E-state index is 11.1. The highest BCUT2D eigenvalue weighted by molar-refractivity contribution is 6.28. The van der Waals surface area contributed by atoms with Gasteiger partial charge < -0.3 is 5.11 Å². The molecular weight excluding hydrogens is 242 g/mol. The van der Waals surface area contributed by atoms with Gasteiger partial charge in [-0.15, -0.1) is 0 Å². The highest BCUT2D eigenvalue weighted by Gasteiger charge is 2.28. The van der Waals surface area contributed by atoms with Crippen LogP contribution in [0.15, 0.2) is 12.3 Å². The molecule has 0 aliphatic carbocycles. The van der Waals surface area contributed by atoms with E-state index in [9.17, 15) is 4.79 Å². The maximum Gasteiger partial charge on any atom is 0.320 e. The lowest BCUT2D eigenvalue weighted by atomic mass is 10.0. The zero-order valence-corrected chi connectivity index (χ0v) is 10.1. The molecule has 1 atom stereocenters. The summed E-state index contributed by atoms with van der Waals surface area (Å²) in [6.45, 7) is 1.30. The largest absolute Gasteiger partial charge is 0.480 e. The lowest BCUT2D eigenvalue weighted by Crippen LogP contribution is -2.44. The smallest absolute Gasteiger partial charge is 0.320 e. The molecule has 2 heterocycles. The Morgan fingerprint density at radius 1 is 1.59 bits per heavy atom. The third kappa shape index (κ3) is 3.14. The van der Waals surface area contributed by atoms with Crippen LogP contribution in [0.5, 0.6) is 0 Å². The number of hydrogen-bond acceptors (Lipinski definition) is 4. The number of carboxylic acids is 1. The van der Waals surface area contributed by atoms with E-state index in [-0.39, 0.29) is 5.28 Å². The van der Waals surface area contributed by atoms with Crippen molar-refractivity contribution < 1.29 is 9.90 Å². The SMILES string of the molecule is O=C(O)[C@H]1CCCCN1Cc1ccnc(Cl)n1. The zero-order chi connectivity index (χ0) is 12.3. The van der Waals surface area contributed by atoms with E-state index in [4.69, 9.17) is 16.7 Å². The van der Waals surface area contributed by atoms with Crippen LogP contribution in [0.3, 0.4) is 0 Å². The monoisotopic (exact) mass is 255 g/mol. The Bertz CT molecular complexity index is 413. The fraction of sp³-hybridized carbons (Fsp3) is 0.545. The number of halogens is 1. The number of carbonyl (C=O) groups is 1. The molecule has 0 amide bonds. The Balaban J connectivity index is 2.08. The van der Waals surface area contributed by atoms with Crippen LogP contribution in [-0.2, 0) is 11.3 Å². The van der Waals surface area contributed by atoms with Gasteiger partial charge in [0, 0.05) is 12.7 Å². The summed E-state index contributed by atoms with van der Waals surface area (Å²) in [6.07, 6.45) is 4.29. The van der Waals surface area contributed by atoms with Gasteiger partial charge in [0.2, 0.25) is 5.28 Å². The molecule has 6 heteroatoms. The highest BCUT2D eigenvalue weighted by atomic mass is 35.5. The number of aliphatic carboxylic acids is 1. The molecule has 5 nitrogen and oxygen atoms in total. The van der Waals surface area contributed by atoms with Gasteiger partial charge in [0.25, 0.3) is 0 Å². The highest BCUT2D eigenvalue weighted by Crippen LogP contribution is 2.19. The predicted molar refractivity (Wildman–Crippen MR) is 62.7 cm³/mol. The van der Waals surface area contributed by atoms with Crippen molar-refractivity contribution in [1.82, 2.24) is 14.9 Å². The standard InChI is InChI=1S/C11H14ClN3O2/c12-11-13-5-4-8(14-11)7-15-6-2-1-3-9(15)10(16)17/h4-5,9H,1-3,6-7H2,(H,16,17)/t9-/m1/s1. The Labute approximate surface area is 104 Å². The van der Waals surface area contributed by atoms with Crippen LogP contribution in [0.2, 0.25) is 5.28 Å². The lowest BCUT2D eigenvalue weighted by molar-refractivity contribution is -0.144. The van der Waals surface area contributed by atoms with Crippen molar-refractivity contribution in [3.63, 3.8) is 0 Å². The minimum Gasteiger partial charge on any atom is -0.480 e. The first-order valence-corrected chi connectivity index (χ1v) is 5.99. The summed E-state index contributed by atoms with van der Waals surface area (Å²) in [6, 6.07) is 1.36. The molecule has 1 aliphatic rings. The average molecular weight is 256 g/mol. The van der Waals surface area contributed by atoms with Crippen molar-refractivity contribution >= 4 is 17.6 Å². The van der Waals surface area contributed by atoms with Gasteiger partial charge in [-0.1, -0.05) is 6.42 Å². The van der Waals surface area contributed by atoms with Crippen LogP contribution >= 0.6 is 11.6 Å². The van der Waals surface area contributed by atoms with Gasteiger partial charge in [0.15, 0.2) is 0 Å². The Kier molecular flexibility index (Phi) is 3.91. The predicted octanol–water partition coefficient (Wildman–Crippen LogP) is 1.57. The van der Waals surface area contributed by atoms with Gasteiger partial charge in [-0.3, -0.25) is 9.69 Å². The molecule has 17 heavy (non-hydrogen) atoms. The second-order valence-corrected chi connectivity index (χ2v) is 4.48. The molecule has 0 unspecified atom stereocenters. The number of carboxylic acid groups (broad SMARTS) is 1. The fourth-order valence-electron chi connectivity index (χ4n) is 2.13. The Hall–Kier alpha value is -1.20. The lowest BCUT2D eigenvalue weighted by Gasteiger charge is -2.32. The average Bonchev–Trinajstić information content (AvgIpc) is 2.29. The molecule has 1 aliphatic heterocycles. The third-order valence-corrected chi connectivity index (χ3v) is 3.13. The van der Waals surface area contributed by atoms with Crippen molar-refractivity contribution in [3.05, 3.63) is 23.2 Å². The number of hydrogen-bond donors (Lipinski definition) is 1. The summed E-state index contributed by atoms with van der Waals surface area (Å²) in [5, 5.41) is 9.34. The van der Waals surface area contributed by atoms with Crippen LogP contribution in [0.25, 0.3) is 0 Å². The molecule has 0 radical (unpaired) electrons. The number of rotatable bonds is 3. The Morgan fingerprint density at radius 3 is 3.12 bits per heavy atom. The van der Waals surface area contributed by atoms with Gasteiger partial charge >= 0.3 is 5.97 Å². The molecule has 0 spiro atoms. The van der Waals surface area contributed by atoms with Crippen LogP contribution in [0, 0.1) is 0 Å². The van der Waals surface area contributed by atoms with E-state index >= 15 is 0 Å². The van der Waals surface area contributed by atoms with Gasteiger partial charge in [0.1, 0.15) is 6.04 Å². The second kappa shape index (κ2) is 5.42. The molecule has 0 aromatic carbocycles. The van der Waals surface area contributed by atoms with E-state index in [1.165, 1.54) is 0 Å². The summed E-state index contributed by atoms with van der Waals surface area (Å²) in [5.74, 6) is -0.759. The molecule has 92 valence electrons. The van der Waals surface area contributed by atoms with Crippen molar-refractivity contribution in [2.75, 3.05) is 6.54 Å². The number of likely N-dealkylation sites (tertiary alicyclic amines) is 1. The Morgan fingerprint density at radius 2 is 2.41 bits per heavy atom. The molecule has 0 bridgehead atoms. The minimum absolute atomic E-state index is 0.200. The van der Waals surface area contributed by atoms with Crippen molar-refractivity contribution in [1.29, 1.82) is 0 Å². The molecule has 2 rings (SSSR count). The number of aromatic nitrogens is 2. The van der Waals surface area contributed by atoms with Gasteiger partial charge in [-0.05, 0) is 37.1 Å². The van der Waals surface area contributed by atoms with E-state index in [2.05, 4.69) is 9.97 Å². The van der Waals surface area contributed by atoms with Crippen LogP contribution < -0.4 is 0 Å². The van der Waals surface area contributed by atoms with Gasteiger partial charge in [-0.2, -0.15) is 0 Å². The molecule has 1 saturated heterocycles. The minimum atomic E-state index is -0.759. The van der Waals surface area contributed by atoms with Crippen LogP contribution in [0.1, 0.15) is 25.0 Å². The summed E-state index contributed by atoms with van der Waals surface area (Å²) in [4.78, 5) is 20.9. The third-order valence-electron chi connectivity index (χ3n) is 2.95. The number of piperidine rings is 1. The zero-order valence-electron chi connectivity index (χ0n) is 9.34. The molecule has 1 fully saturated rings. The first-order chi connectivity index (χ1) is 8.16. The topological polar surface area (TPSA) is 66.3 Å². The van der Waals surface area contributed by atoms with Crippen molar-refractivity contribution in [2.24, 2.45) is 0 Å². The van der Waals surface area contributed by atoms with E-state index in [1.807, 2.05) is 4.90 Å².